The highest BCUT2D eigenvalue weighted by atomic mass is 32.1. The van der Waals surface area contributed by atoms with Crippen LogP contribution in [-0.2, 0) is 6.54 Å². The van der Waals surface area contributed by atoms with Gasteiger partial charge in [-0.05, 0) is 51.3 Å². The molecule has 1 spiro atoms. The van der Waals surface area contributed by atoms with E-state index >= 15 is 0 Å². The van der Waals surface area contributed by atoms with Gasteiger partial charge < -0.3 is 15.0 Å². The maximum absolute atomic E-state index is 6.06. The van der Waals surface area contributed by atoms with Gasteiger partial charge in [0.15, 0.2) is 5.13 Å². The molecular formula is C22H27N7OS. The van der Waals surface area contributed by atoms with E-state index in [9.17, 15) is 0 Å². The van der Waals surface area contributed by atoms with Crippen molar-refractivity contribution in [3.8, 4) is 16.6 Å². The SMILES string of the molecule is CN(C)Cc1cnc(Nc2ncc(-c3ccnc(OC4CC5(CCCC5)C4)n3)s2)nc1. The number of nitrogens with zero attached hydrogens (tertiary/aromatic N) is 6. The van der Waals surface area contributed by atoms with Gasteiger partial charge in [0.1, 0.15) is 6.10 Å². The number of thiazole rings is 1. The van der Waals surface area contributed by atoms with Crippen molar-refractivity contribution in [3.63, 3.8) is 0 Å². The number of ether oxygens (including phenoxy) is 1. The van der Waals surface area contributed by atoms with Crippen LogP contribution in [0.3, 0.4) is 0 Å². The summed E-state index contributed by atoms with van der Waals surface area (Å²) in [6.45, 7) is 0.807. The predicted molar refractivity (Wildman–Crippen MR) is 120 cm³/mol. The second-order valence-corrected chi connectivity index (χ2v) is 9.92. The lowest BCUT2D eigenvalue weighted by atomic mass is 9.66. The summed E-state index contributed by atoms with van der Waals surface area (Å²) in [4.78, 5) is 25.1. The van der Waals surface area contributed by atoms with Crippen LogP contribution < -0.4 is 10.1 Å². The maximum Gasteiger partial charge on any atom is 0.317 e. The molecule has 2 saturated carbocycles. The minimum absolute atomic E-state index is 0.250. The molecule has 1 N–H and O–H groups in total. The third kappa shape index (κ3) is 4.67. The molecule has 31 heavy (non-hydrogen) atoms. The Morgan fingerprint density at radius 2 is 1.87 bits per heavy atom. The van der Waals surface area contributed by atoms with Gasteiger partial charge in [0.2, 0.25) is 5.95 Å². The van der Waals surface area contributed by atoms with Gasteiger partial charge in [-0.15, -0.1) is 0 Å². The van der Waals surface area contributed by atoms with Crippen LogP contribution >= 0.6 is 11.3 Å². The van der Waals surface area contributed by atoms with Crippen molar-refractivity contribution in [2.24, 2.45) is 5.41 Å². The Hall–Kier alpha value is -2.65. The molecule has 0 radical (unpaired) electrons. The molecule has 2 aliphatic carbocycles. The van der Waals surface area contributed by atoms with E-state index in [0.29, 0.717) is 17.4 Å². The summed E-state index contributed by atoms with van der Waals surface area (Å²) in [5, 5.41) is 3.89. The Morgan fingerprint density at radius 1 is 1.10 bits per heavy atom. The normalized spacial score (nSPS) is 17.8. The molecule has 3 heterocycles. The van der Waals surface area contributed by atoms with Gasteiger partial charge in [-0.25, -0.2) is 19.9 Å². The van der Waals surface area contributed by atoms with E-state index in [4.69, 9.17) is 4.74 Å². The van der Waals surface area contributed by atoms with E-state index in [1.807, 2.05) is 32.6 Å². The van der Waals surface area contributed by atoms with Crippen molar-refractivity contribution in [1.82, 2.24) is 29.8 Å². The highest BCUT2D eigenvalue weighted by Crippen LogP contribution is 2.54. The smallest absolute Gasteiger partial charge is 0.317 e. The van der Waals surface area contributed by atoms with Crippen molar-refractivity contribution in [1.29, 1.82) is 0 Å². The average molecular weight is 438 g/mol. The monoisotopic (exact) mass is 437 g/mol. The van der Waals surface area contributed by atoms with E-state index < -0.39 is 0 Å². The fourth-order valence-corrected chi connectivity index (χ4v) is 5.40. The quantitative estimate of drug-likeness (QED) is 0.585. The number of aromatic nitrogens is 5. The van der Waals surface area contributed by atoms with Gasteiger partial charge in [0, 0.05) is 36.9 Å². The topological polar surface area (TPSA) is 89.0 Å². The van der Waals surface area contributed by atoms with Gasteiger partial charge >= 0.3 is 6.01 Å². The first-order valence-corrected chi connectivity index (χ1v) is 11.6. The molecule has 8 nitrogen and oxygen atoms in total. The first-order valence-electron chi connectivity index (χ1n) is 10.8. The Morgan fingerprint density at radius 3 is 2.61 bits per heavy atom. The van der Waals surface area contributed by atoms with Crippen LogP contribution in [-0.4, -0.2) is 50.0 Å². The largest absolute Gasteiger partial charge is 0.460 e. The van der Waals surface area contributed by atoms with Crippen LogP contribution in [0.5, 0.6) is 6.01 Å². The summed E-state index contributed by atoms with van der Waals surface area (Å²) in [6.07, 6.45) is 15.2. The first-order chi connectivity index (χ1) is 15.1. The standard InChI is InChI=1S/C22H27N7OS/c1-29(2)14-15-11-24-19(25-12-15)28-21-26-13-18(31-21)17-5-8-23-20(27-17)30-16-9-22(10-16)6-3-4-7-22/h5,8,11-13,16H,3-4,6-7,9-10,14H2,1-2H3,(H,24,25,26,28). The molecule has 0 amide bonds. The van der Waals surface area contributed by atoms with Crippen molar-refractivity contribution >= 4 is 22.4 Å². The zero-order chi connectivity index (χ0) is 21.3. The van der Waals surface area contributed by atoms with Crippen molar-refractivity contribution in [2.45, 2.75) is 51.2 Å². The molecule has 0 aliphatic heterocycles. The van der Waals surface area contributed by atoms with Gasteiger partial charge in [-0.2, -0.15) is 4.98 Å². The van der Waals surface area contributed by atoms with E-state index in [0.717, 1.165) is 40.7 Å². The van der Waals surface area contributed by atoms with Crippen LogP contribution in [0.15, 0.2) is 30.9 Å². The molecule has 0 aromatic carbocycles. The second kappa shape index (κ2) is 8.47. The third-order valence-corrected chi connectivity index (χ3v) is 7.01. The van der Waals surface area contributed by atoms with Crippen molar-refractivity contribution in [2.75, 3.05) is 19.4 Å². The van der Waals surface area contributed by atoms with E-state index in [1.165, 1.54) is 37.0 Å². The highest BCUT2D eigenvalue weighted by Gasteiger charge is 2.47. The molecule has 0 atom stereocenters. The predicted octanol–water partition coefficient (Wildman–Crippen LogP) is 4.30. The number of hydrogen-bond acceptors (Lipinski definition) is 9. The summed E-state index contributed by atoms with van der Waals surface area (Å²) < 4.78 is 6.06. The molecule has 5 rings (SSSR count). The number of nitrogens with one attached hydrogen (secondary N) is 1. The van der Waals surface area contributed by atoms with E-state index in [1.54, 1.807) is 12.4 Å². The zero-order valence-corrected chi connectivity index (χ0v) is 18.7. The Balaban J connectivity index is 1.21. The number of rotatable bonds is 7. The molecule has 2 aliphatic rings. The lowest BCUT2D eigenvalue weighted by Gasteiger charge is -2.44. The lowest BCUT2D eigenvalue weighted by Crippen LogP contribution is -2.42. The van der Waals surface area contributed by atoms with Crippen LogP contribution in [0.25, 0.3) is 10.6 Å². The van der Waals surface area contributed by atoms with E-state index in [2.05, 4.69) is 35.1 Å². The van der Waals surface area contributed by atoms with Gasteiger partial charge in [0.05, 0.1) is 10.6 Å². The summed E-state index contributed by atoms with van der Waals surface area (Å²) in [5.41, 5.74) is 2.43. The molecule has 2 fully saturated rings. The minimum atomic E-state index is 0.250. The zero-order valence-electron chi connectivity index (χ0n) is 17.9. The van der Waals surface area contributed by atoms with Gasteiger partial charge in [-0.3, -0.25) is 0 Å². The highest BCUT2D eigenvalue weighted by molar-refractivity contribution is 7.18. The third-order valence-electron chi connectivity index (χ3n) is 6.07. The molecule has 9 heteroatoms. The average Bonchev–Trinajstić information content (AvgIpc) is 3.39. The van der Waals surface area contributed by atoms with Crippen LogP contribution in [0.4, 0.5) is 11.1 Å². The number of hydrogen-bond donors (Lipinski definition) is 1. The number of anilines is 2. The van der Waals surface area contributed by atoms with E-state index in [-0.39, 0.29) is 6.10 Å². The summed E-state index contributed by atoms with van der Waals surface area (Å²) in [5.74, 6) is 0.529. The van der Waals surface area contributed by atoms with Crippen LogP contribution in [0.2, 0.25) is 0 Å². The molecule has 162 valence electrons. The van der Waals surface area contributed by atoms with Crippen molar-refractivity contribution < 1.29 is 4.74 Å². The summed E-state index contributed by atoms with van der Waals surface area (Å²) in [7, 11) is 4.04. The van der Waals surface area contributed by atoms with Crippen molar-refractivity contribution in [3.05, 3.63) is 36.4 Å². The fourth-order valence-electron chi connectivity index (χ4n) is 4.62. The molecule has 0 saturated heterocycles. The molecule has 0 bridgehead atoms. The fraction of sp³-hybridized carbons (Fsp3) is 0.500. The summed E-state index contributed by atoms with van der Waals surface area (Å²) in [6, 6.07) is 2.34. The first kappa shape index (κ1) is 20.3. The van der Waals surface area contributed by atoms with Gasteiger partial charge in [-0.1, -0.05) is 24.2 Å². The van der Waals surface area contributed by atoms with Crippen LogP contribution in [0, 0.1) is 5.41 Å². The molecular weight excluding hydrogens is 410 g/mol. The Bertz CT molecular complexity index is 1020. The minimum Gasteiger partial charge on any atom is -0.460 e. The lowest BCUT2D eigenvalue weighted by molar-refractivity contribution is -0.0154. The molecule has 3 aromatic rings. The Kier molecular flexibility index (Phi) is 5.54. The molecule has 3 aromatic heterocycles. The Labute approximate surface area is 186 Å². The second-order valence-electron chi connectivity index (χ2n) is 8.89. The van der Waals surface area contributed by atoms with Gasteiger partial charge in [0.25, 0.3) is 0 Å². The van der Waals surface area contributed by atoms with Crippen LogP contribution in [0.1, 0.15) is 44.1 Å². The maximum atomic E-state index is 6.06. The summed E-state index contributed by atoms with van der Waals surface area (Å²) >= 11 is 1.50. The molecule has 0 unspecified atom stereocenters.